The quantitative estimate of drug-likeness (QED) is 0.747. The molecule has 2 nitrogen and oxygen atoms in total. The summed E-state index contributed by atoms with van der Waals surface area (Å²) in [7, 11) is 1.79. The van der Waals surface area contributed by atoms with E-state index in [4.69, 9.17) is 0 Å². The zero-order chi connectivity index (χ0) is 17.1. The molecule has 0 aromatic rings. The lowest BCUT2D eigenvalue weighted by Gasteiger charge is -2.52. The Kier molecular flexibility index (Phi) is 3.78. The van der Waals surface area contributed by atoms with E-state index in [1.165, 1.54) is 36.8 Å². The van der Waals surface area contributed by atoms with Crippen LogP contribution in [-0.2, 0) is 4.79 Å². The average Bonchev–Trinajstić information content (AvgIpc) is 2.92. The number of carbonyl (C=O) groups is 1. The highest BCUT2D eigenvalue weighted by molar-refractivity contribution is 5.79. The number of carbonyl (C=O) groups excluding carboxylic acids is 1. The number of hydrogen-bond donors (Lipinski definition) is 1. The molecular formula is C22H31NO. The highest BCUT2D eigenvalue weighted by atomic mass is 16.1. The smallest absolute Gasteiger partial charge is 0.223 e. The van der Waals surface area contributed by atoms with Crippen LogP contribution in [0, 0.1) is 35.0 Å². The summed E-state index contributed by atoms with van der Waals surface area (Å²) in [6, 6.07) is 0. The lowest BCUT2D eigenvalue weighted by Crippen LogP contribution is -2.47. The Labute approximate surface area is 146 Å². The number of allylic oxidation sites excluding steroid dienone is 5. The van der Waals surface area contributed by atoms with Crippen LogP contribution in [0.5, 0.6) is 0 Å². The summed E-state index contributed by atoms with van der Waals surface area (Å²) in [5.74, 6) is 3.35. The summed E-state index contributed by atoms with van der Waals surface area (Å²) >= 11 is 0. The third-order valence-corrected chi connectivity index (χ3v) is 7.90. The topological polar surface area (TPSA) is 29.1 Å². The van der Waals surface area contributed by atoms with Crippen molar-refractivity contribution in [2.24, 2.45) is 35.0 Å². The van der Waals surface area contributed by atoms with Crippen LogP contribution in [-0.4, -0.2) is 13.0 Å². The molecular weight excluding hydrogens is 294 g/mol. The van der Waals surface area contributed by atoms with Gasteiger partial charge in [0.2, 0.25) is 5.91 Å². The highest BCUT2D eigenvalue weighted by Crippen LogP contribution is 2.63. The molecule has 0 aliphatic heterocycles. The van der Waals surface area contributed by atoms with E-state index in [-0.39, 0.29) is 17.2 Å². The van der Waals surface area contributed by atoms with Crippen molar-refractivity contribution < 1.29 is 4.79 Å². The summed E-state index contributed by atoms with van der Waals surface area (Å²) in [6.45, 7) is 8.90. The molecule has 2 heteroatoms. The molecule has 0 heterocycles. The first-order valence-electron chi connectivity index (χ1n) is 9.75. The Morgan fingerprint density at radius 2 is 2.08 bits per heavy atom. The summed E-state index contributed by atoms with van der Waals surface area (Å²) < 4.78 is 0. The molecule has 4 aliphatic rings. The third-order valence-electron chi connectivity index (χ3n) is 7.90. The van der Waals surface area contributed by atoms with E-state index in [0.717, 1.165) is 24.7 Å². The van der Waals surface area contributed by atoms with Gasteiger partial charge in [0, 0.05) is 13.0 Å². The molecule has 6 unspecified atom stereocenters. The maximum Gasteiger partial charge on any atom is 0.223 e. The van der Waals surface area contributed by atoms with Gasteiger partial charge in [0.15, 0.2) is 0 Å². The van der Waals surface area contributed by atoms with E-state index < -0.39 is 0 Å². The van der Waals surface area contributed by atoms with Gasteiger partial charge in [-0.25, -0.2) is 0 Å². The van der Waals surface area contributed by atoms with Gasteiger partial charge in [-0.3, -0.25) is 4.79 Å². The van der Waals surface area contributed by atoms with E-state index in [1.807, 2.05) is 0 Å². The monoisotopic (exact) mass is 325 g/mol. The van der Waals surface area contributed by atoms with Gasteiger partial charge in [-0.05, 0) is 80.1 Å². The summed E-state index contributed by atoms with van der Waals surface area (Å²) in [6.07, 6.45) is 12.2. The number of fused-ring (bicyclic) bond motifs is 5. The fourth-order valence-corrected chi connectivity index (χ4v) is 6.67. The first-order chi connectivity index (χ1) is 11.5. The predicted octanol–water partition coefficient (Wildman–Crippen LogP) is 4.64. The van der Waals surface area contributed by atoms with Gasteiger partial charge < -0.3 is 5.32 Å². The van der Waals surface area contributed by atoms with Crippen LogP contribution in [0.15, 0.2) is 35.5 Å². The minimum absolute atomic E-state index is 0.192. The molecule has 0 aromatic carbocycles. The van der Waals surface area contributed by atoms with Crippen molar-refractivity contribution in [3.63, 3.8) is 0 Å². The van der Waals surface area contributed by atoms with Crippen molar-refractivity contribution in [2.45, 2.75) is 52.4 Å². The predicted molar refractivity (Wildman–Crippen MR) is 98.3 cm³/mol. The molecule has 4 aliphatic carbocycles. The molecule has 2 saturated carbocycles. The summed E-state index contributed by atoms with van der Waals surface area (Å²) in [4.78, 5) is 12.4. The fourth-order valence-electron chi connectivity index (χ4n) is 6.67. The second kappa shape index (κ2) is 5.61. The Morgan fingerprint density at radius 1 is 1.29 bits per heavy atom. The molecule has 0 radical (unpaired) electrons. The molecule has 6 atom stereocenters. The first kappa shape index (κ1) is 16.2. The minimum Gasteiger partial charge on any atom is -0.359 e. The zero-order valence-electron chi connectivity index (χ0n) is 15.4. The van der Waals surface area contributed by atoms with E-state index in [9.17, 15) is 4.79 Å². The number of nitrogens with one attached hydrogen (secondary N) is 1. The van der Waals surface area contributed by atoms with E-state index in [1.54, 1.807) is 12.6 Å². The van der Waals surface area contributed by atoms with E-state index >= 15 is 0 Å². The molecule has 0 aromatic heterocycles. The van der Waals surface area contributed by atoms with Crippen LogP contribution < -0.4 is 5.32 Å². The van der Waals surface area contributed by atoms with Gasteiger partial charge in [-0.1, -0.05) is 36.8 Å². The molecule has 1 N–H and O–H groups in total. The van der Waals surface area contributed by atoms with Gasteiger partial charge in [0.1, 0.15) is 0 Å². The first-order valence-corrected chi connectivity index (χ1v) is 9.75. The van der Waals surface area contributed by atoms with Crippen molar-refractivity contribution in [3.05, 3.63) is 35.5 Å². The van der Waals surface area contributed by atoms with Gasteiger partial charge in [-0.15, -0.1) is 0 Å². The Balaban J connectivity index is 1.70. The van der Waals surface area contributed by atoms with Crippen LogP contribution >= 0.6 is 0 Å². The van der Waals surface area contributed by atoms with Crippen molar-refractivity contribution in [2.75, 3.05) is 7.05 Å². The van der Waals surface area contributed by atoms with Crippen molar-refractivity contribution in [1.29, 1.82) is 0 Å². The maximum atomic E-state index is 12.4. The molecule has 4 rings (SSSR count). The molecule has 0 spiro atoms. The molecule has 1 amide bonds. The normalized spacial score (nSPS) is 44.0. The lowest BCUT2D eigenvalue weighted by atomic mass is 9.52. The van der Waals surface area contributed by atoms with Gasteiger partial charge in [0.25, 0.3) is 0 Å². The Bertz CT molecular complexity index is 642. The van der Waals surface area contributed by atoms with Crippen LogP contribution in [0.25, 0.3) is 0 Å². The van der Waals surface area contributed by atoms with Gasteiger partial charge in [0.05, 0.1) is 0 Å². The largest absolute Gasteiger partial charge is 0.359 e. The lowest BCUT2D eigenvalue weighted by molar-refractivity contribution is -0.129. The van der Waals surface area contributed by atoms with E-state index in [0.29, 0.717) is 11.8 Å². The van der Waals surface area contributed by atoms with Crippen LogP contribution in [0.3, 0.4) is 0 Å². The zero-order valence-corrected chi connectivity index (χ0v) is 15.4. The maximum absolute atomic E-state index is 12.4. The molecule has 0 bridgehead atoms. The van der Waals surface area contributed by atoms with Gasteiger partial charge in [-0.2, -0.15) is 0 Å². The number of hydrogen-bond acceptors (Lipinski definition) is 1. The van der Waals surface area contributed by atoms with Gasteiger partial charge >= 0.3 is 0 Å². The molecule has 130 valence electrons. The molecule has 0 saturated heterocycles. The second-order valence-corrected chi connectivity index (χ2v) is 8.89. The number of amides is 1. The summed E-state index contributed by atoms with van der Waals surface area (Å²) in [5, 5.41) is 2.92. The second-order valence-electron chi connectivity index (χ2n) is 8.89. The highest BCUT2D eigenvalue weighted by Gasteiger charge is 2.57. The van der Waals surface area contributed by atoms with Crippen molar-refractivity contribution in [3.8, 4) is 0 Å². The van der Waals surface area contributed by atoms with Crippen molar-refractivity contribution >= 4 is 5.91 Å². The Hall–Kier alpha value is -1.31. The van der Waals surface area contributed by atoms with Crippen LogP contribution in [0.1, 0.15) is 52.4 Å². The third kappa shape index (κ3) is 2.18. The molecule has 2 fully saturated rings. The minimum atomic E-state index is 0.192. The summed E-state index contributed by atoms with van der Waals surface area (Å²) in [5.41, 5.74) is 4.54. The van der Waals surface area contributed by atoms with E-state index in [2.05, 4.69) is 37.9 Å². The van der Waals surface area contributed by atoms with Crippen molar-refractivity contribution in [1.82, 2.24) is 5.32 Å². The number of rotatable bonds is 1. The van der Waals surface area contributed by atoms with Crippen LogP contribution in [0.2, 0.25) is 0 Å². The Morgan fingerprint density at radius 3 is 2.83 bits per heavy atom. The average molecular weight is 325 g/mol. The standard InChI is InChI=1S/C22H31NO/c1-13-5-6-15-16-9-10-22(3)19(7-8-20(22)21(24)23-4)18(16)12-14(2)17(15)11-13/h11-12,15-16,18-20H,1,5-10H2,2-4H3,(H,23,24). The fraction of sp³-hybridized carbons (Fsp3) is 0.682. The molecule has 24 heavy (non-hydrogen) atoms. The van der Waals surface area contributed by atoms with Crippen LogP contribution in [0.4, 0.5) is 0 Å². The SMILES string of the molecule is C=C1C=C2C(C)=CC3C(CCC4(C)C(C(=O)NC)CCC34)C2CC1.